The first-order chi connectivity index (χ1) is 22.9. The fourth-order valence-electron chi connectivity index (χ4n) is 6.89. The molecular formula is C34H58N6O8S. The van der Waals surface area contributed by atoms with E-state index in [2.05, 4.69) is 27.8 Å². The van der Waals surface area contributed by atoms with Gasteiger partial charge in [-0.1, -0.05) is 66.4 Å². The molecule has 6 atom stereocenters. The van der Waals surface area contributed by atoms with E-state index in [1.54, 1.807) is 6.92 Å². The first-order valence-electron chi connectivity index (χ1n) is 17.5. The summed E-state index contributed by atoms with van der Waals surface area (Å²) in [6.07, 6.45) is 5.61. The van der Waals surface area contributed by atoms with Gasteiger partial charge in [0.1, 0.15) is 12.1 Å². The summed E-state index contributed by atoms with van der Waals surface area (Å²) in [7, 11) is -2.04. The van der Waals surface area contributed by atoms with Crippen molar-refractivity contribution >= 4 is 39.6 Å². The molecule has 0 aromatic rings. The van der Waals surface area contributed by atoms with Crippen molar-refractivity contribution in [3.05, 3.63) is 12.7 Å². The maximum atomic E-state index is 14.2. The Hall–Kier alpha value is -3.04. The van der Waals surface area contributed by atoms with Crippen LogP contribution in [0.25, 0.3) is 0 Å². The lowest BCUT2D eigenvalue weighted by Crippen LogP contribution is -2.61. The zero-order valence-electron chi connectivity index (χ0n) is 30.3. The minimum absolute atomic E-state index is 0.0283. The largest absolute Gasteiger partial charge is 0.379 e. The number of rotatable bonds is 10. The molecule has 278 valence electrons. The Bertz CT molecular complexity index is 1350. The van der Waals surface area contributed by atoms with Crippen LogP contribution in [0.1, 0.15) is 80.1 Å². The van der Waals surface area contributed by atoms with Crippen LogP contribution in [-0.2, 0) is 33.9 Å². The lowest BCUT2D eigenvalue weighted by atomic mass is 9.87. The number of amides is 5. The quantitative estimate of drug-likeness (QED) is 0.195. The van der Waals surface area contributed by atoms with Crippen LogP contribution in [0.15, 0.2) is 12.7 Å². The molecule has 3 fully saturated rings. The summed E-state index contributed by atoms with van der Waals surface area (Å²) in [6, 6.07) is -4.35. The second-order valence-electron chi connectivity index (χ2n) is 15.2. The second-order valence-corrected chi connectivity index (χ2v) is 17.6. The van der Waals surface area contributed by atoms with Gasteiger partial charge in [-0.2, -0.15) is 0 Å². The smallest absolute Gasteiger partial charge is 0.315 e. The van der Waals surface area contributed by atoms with Crippen LogP contribution >= 0.6 is 0 Å². The van der Waals surface area contributed by atoms with Crippen molar-refractivity contribution in [3.63, 3.8) is 0 Å². The fourth-order valence-corrected chi connectivity index (χ4v) is 7.71. The first kappa shape index (κ1) is 40.4. The number of ketones is 1. The number of urea groups is 1. The van der Waals surface area contributed by atoms with Crippen molar-refractivity contribution in [3.8, 4) is 0 Å². The maximum Gasteiger partial charge on any atom is 0.315 e. The molecule has 0 spiro atoms. The van der Waals surface area contributed by atoms with E-state index >= 15 is 0 Å². The van der Waals surface area contributed by atoms with Gasteiger partial charge in [0.05, 0.1) is 18.4 Å². The van der Waals surface area contributed by atoms with E-state index in [1.165, 1.54) is 22.3 Å². The molecule has 1 saturated carbocycles. The highest BCUT2D eigenvalue weighted by molar-refractivity contribution is 7.89. The molecule has 3 rings (SSSR count). The number of piperidine rings is 1. The highest BCUT2D eigenvalue weighted by Crippen LogP contribution is 2.64. The topological polar surface area (TPSA) is 183 Å². The zero-order chi connectivity index (χ0) is 36.7. The summed E-state index contributed by atoms with van der Waals surface area (Å²) < 4.78 is 32.1. The fraction of sp³-hybridized carbons (Fsp3) is 0.794. The normalized spacial score (nSPS) is 27.3. The minimum Gasteiger partial charge on any atom is -0.379 e. The van der Waals surface area contributed by atoms with Gasteiger partial charge in [0, 0.05) is 39.3 Å². The van der Waals surface area contributed by atoms with Crippen molar-refractivity contribution < 1.29 is 37.1 Å². The van der Waals surface area contributed by atoms with Crippen LogP contribution in [0.2, 0.25) is 0 Å². The number of fused-ring (bicyclic) bond motifs is 3. The molecule has 2 heterocycles. The second kappa shape index (κ2) is 16.8. The Kier molecular flexibility index (Phi) is 13.8. The average molecular weight is 711 g/mol. The summed E-state index contributed by atoms with van der Waals surface area (Å²) >= 11 is 0. The number of carbonyl (C=O) groups is 5. The molecule has 2 saturated heterocycles. The number of ether oxygens (including phenoxy) is 1. The maximum absolute atomic E-state index is 14.2. The number of likely N-dealkylation sites (N-methyl/N-ethyl adjacent to an activating group) is 1. The minimum atomic E-state index is -3.51. The lowest BCUT2D eigenvalue weighted by Gasteiger charge is -2.36. The number of Topliss-reactive ketones (excluding diaryl/α,β-unsaturated/α-hetero) is 1. The monoisotopic (exact) mass is 710 g/mol. The molecule has 5 amide bonds. The van der Waals surface area contributed by atoms with Gasteiger partial charge in [-0.15, -0.1) is 6.58 Å². The molecule has 3 aliphatic rings. The van der Waals surface area contributed by atoms with Crippen LogP contribution < -0.4 is 21.3 Å². The van der Waals surface area contributed by atoms with Crippen molar-refractivity contribution in [1.82, 2.24) is 30.5 Å². The summed E-state index contributed by atoms with van der Waals surface area (Å²) in [5, 5.41) is 11.0. The van der Waals surface area contributed by atoms with Gasteiger partial charge >= 0.3 is 6.03 Å². The predicted octanol–water partition coefficient (Wildman–Crippen LogP) is 1.56. The van der Waals surface area contributed by atoms with Gasteiger partial charge in [-0.25, -0.2) is 17.5 Å². The Labute approximate surface area is 291 Å². The molecular weight excluding hydrogens is 652 g/mol. The molecule has 0 aromatic heterocycles. The SMILES string of the molecule is C=CCNC(=O)C(=O)[C@H]1CCCCCCCOC[C@@H](NC(=O)N[C@H](CN(C)S(=O)(=O)CC)C(C)(C)C)C(=O)N2C[C@H]3[C@@H]([C@H]2C(=O)N1)C3(C)C. The highest BCUT2D eigenvalue weighted by atomic mass is 32.2. The molecule has 0 bridgehead atoms. The van der Waals surface area contributed by atoms with Crippen molar-refractivity contribution in [1.29, 1.82) is 0 Å². The van der Waals surface area contributed by atoms with Gasteiger partial charge in [0.2, 0.25) is 27.6 Å². The average Bonchev–Trinajstić information content (AvgIpc) is 3.33. The standard InChI is InChI=1S/C34H58N6O8S/c1-9-17-35-30(43)28(41)23-16-14-12-11-13-15-18-48-21-24(31(44)40-19-22-26(34(22,6)7)27(40)29(42)36-23)37-32(45)38-25(33(3,4)5)20-39(8)49(46,47)10-2/h9,22-27H,1,10-21H2,2-8H3,(H,35,43)(H,36,42)(H2,37,38,45)/t22-,23+,24+,25+,26-,27-/m0/s1. The van der Waals surface area contributed by atoms with Crippen LogP contribution in [0.4, 0.5) is 4.79 Å². The van der Waals surface area contributed by atoms with Gasteiger partial charge in [0.25, 0.3) is 5.91 Å². The number of hydrogen-bond donors (Lipinski definition) is 4. The Balaban J connectivity index is 1.87. The number of carbonyl (C=O) groups excluding carboxylic acids is 5. The van der Waals surface area contributed by atoms with Gasteiger partial charge in [-0.05, 0) is 42.4 Å². The Morgan fingerprint density at radius 3 is 2.43 bits per heavy atom. The van der Waals surface area contributed by atoms with Crippen LogP contribution in [0.5, 0.6) is 0 Å². The molecule has 0 unspecified atom stereocenters. The van der Waals surface area contributed by atoms with Crippen LogP contribution in [0, 0.1) is 22.7 Å². The van der Waals surface area contributed by atoms with Crippen LogP contribution in [0.3, 0.4) is 0 Å². The third-order valence-electron chi connectivity index (χ3n) is 10.3. The summed E-state index contributed by atoms with van der Waals surface area (Å²) in [5.74, 6) is -2.76. The third-order valence-corrected chi connectivity index (χ3v) is 12.2. The number of hydrogen-bond acceptors (Lipinski definition) is 8. The summed E-state index contributed by atoms with van der Waals surface area (Å²) in [6.45, 7) is 15.5. The Morgan fingerprint density at radius 2 is 1.80 bits per heavy atom. The molecule has 49 heavy (non-hydrogen) atoms. The predicted molar refractivity (Wildman–Crippen MR) is 186 cm³/mol. The van der Waals surface area contributed by atoms with E-state index in [4.69, 9.17) is 4.74 Å². The zero-order valence-corrected chi connectivity index (χ0v) is 31.1. The number of sulfonamides is 1. The van der Waals surface area contributed by atoms with Crippen molar-refractivity contribution in [2.24, 2.45) is 22.7 Å². The van der Waals surface area contributed by atoms with E-state index < -0.39 is 69.1 Å². The molecule has 14 nitrogen and oxygen atoms in total. The van der Waals surface area contributed by atoms with E-state index in [0.29, 0.717) is 13.0 Å². The molecule has 4 N–H and O–H groups in total. The third kappa shape index (κ3) is 10.3. The molecule has 0 aromatic carbocycles. The number of nitrogens with one attached hydrogen (secondary N) is 4. The summed E-state index contributed by atoms with van der Waals surface area (Å²) in [4.78, 5) is 69.0. The van der Waals surface area contributed by atoms with Crippen LogP contribution in [-0.4, -0.2) is 117 Å². The molecule has 2 aliphatic heterocycles. The summed E-state index contributed by atoms with van der Waals surface area (Å²) in [5.41, 5.74) is -0.751. The van der Waals surface area contributed by atoms with Crippen molar-refractivity contribution in [2.45, 2.75) is 104 Å². The molecule has 1 aliphatic carbocycles. The van der Waals surface area contributed by atoms with E-state index in [1.807, 2.05) is 34.6 Å². The molecule has 0 radical (unpaired) electrons. The number of nitrogens with zero attached hydrogens (tertiary/aromatic N) is 2. The van der Waals surface area contributed by atoms with Gasteiger partial charge < -0.3 is 30.9 Å². The van der Waals surface area contributed by atoms with E-state index in [-0.39, 0.29) is 55.7 Å². The Morgan fingerprint density at radius 1 is 1.14 bits per heavy atom. The van der Waals surface area contributed by atoms with Gasteiger partial charge in [0.15, 0.2) is 0 Å². The van der Waals surface area contributed by atoms with Crippen molar-refractivity contribution in [2.75, 3.05) is 45.6 Å². The van der Waals surface area contributed by atoms with E-state index in [0.717, 1.165) is 25.7 Å². The molecule has 15 heteroatoms. The van der Waals surface area contributed by atoms with E-state index in [9.17, 15) is 32.4 Å². The first-order valence-corrected chi connectivity index (χ1v) is 19.1. The highest BCUT2D eigenvalue weighted by Gasteiger charge is 2.69. The van der Waals surface area contributed by atoms with Gasteiger partial charge in [-0.3, -0.25) is 19.2 Å². The lowest BCUT2D eigenvalue weighted by molar-refractivity contribution is -0.144.